The predicted molar refractivity (Wildman–Crippen MR) is 55.6 cm³/mol. The molecule has 0 N–H and O–H groups in total. The summed E-state index contributed by atoms with van der Waals surface area (Å²) in [6.45, 7) is 1.36. The number of nitrogens with zero attached hydrogens (tertiary/aromatic N) is 1. The van der Waals surface area contributed by atoms with Crippen molar-refractivity contribution < 1.29 is 9.63 Å². The number of carbonyl (C=O) groups is 1. The molecule has 0 radical (unpaired) electrons. The molecule has 74 valence electrons. The van der Waals surface area contributed by atoms with E-state index in [0.29, 0.717) is 0 Å². The van der Waals surface area contributed by atoms with Gasteiger partial charge in [-0.25, -0.2) is 4.79 Å². The Morgan fingerprint density at radius 1 is 1.57 bits per heavy atom. The van der Waals surface area contributed by atoms with Gasteiger partial charge >= 0.3 is 5.97 Å². The van der Waals surface area contributed by atoms with E-state index >= 15 is 0 Å². The Labute approximate surface area is 86.4 Å². The summed E-state index contributed by atoms with van der Waals surface area (Å²) in [4.78, 5) is 16.6. The quantitative estimate of drug-likeness (QED) is 0.526. The molecule has 1 aliphatic carbocycles. The Morgan fingerprint density at radius 3 is 3.21 bits per heavy atom. The Balaban J connectivity index is 2.23. The molecule has 1 aromatic rings. The number of thiophene rings is 1. The molecule has 0 amide bonds. The normalized spacial score (nSPS) is 17.9. The summed E-state index contributed by atoms with van der Waals surface area (Å²) in [5, 5.41) is 5.92. The Morgan fingerprint density at radius 2 is 2.43 bits per heavy atom. The van der Waals surface area contributed by atoms with Crippen LogP contribution in [0.15, 0.2) is 16.6 Å². The van der Waals surface area contributed by atoms with Gasteiger partial charge in [0.25, 0.3) is 0 Å². The van der Waals surface area contributed by atoms with Crippen molar-refractivity contribution in [1.82, 2.24) is 0 Å². The molecule has 0 unspecified atom stereocenters. The van der Waals surface area contributed by atoms with Gasteiger partial charge in [0.05, 0.1) is 5.71 Å². The van der Waals surface area contributed by atoms with Crippen molar-refractivity contribution in [3.8, 4) is 0 Å². The molecule has 14 heavy (non-hydrogen) atoms. The fourth-order valence-electron chi connectivity index (χ4n) is 1.56. The van der Waals surface area contributed by atoms with Gasteiger partial charge in [-0.1, -0.05) is 5.16 Å². The number of hydrogen-bond donors (Lipinski definition) is 0. The average Bonchev–Trinajstić information content (AvgIpc) is 2.62. The SMILES string of the molecule is CC(=O)O/N=C1\CCCc2sccc21. The highest BCUT2D eigenvalue weighted by atomic mass is 32.1. The van der Waals surface area contributed by atoms with Gasteiger partial charge < -0.3 is 4.84 Å². The summed E-state index contributed by atoms with van der Waals surface area (Å²) in [6, 6.07) is 2.04. The standard InChI is InChI=1S/C10H11NO2S/c1-7(12)13-11-9-3-2-4-10-8(9)5-6-14-10/h5-6H,2-4H2,1H3/b11-9+. The zero-order valence-corrected chi connectivity index (χ0v) is 8.76. The smallest absolute Gasteiger partial charge is 0.318 e. The highest BCUT2D eigenvalue weighted by molar-refractivity contribution is 7.10. The van der Waals surface area contributed by atoms with Crippen LogP contribution in [-0.2, 0) is 16.1 Å². The maximum atomic E-state index is 10.6. The molecular formula is C10H11NO2S. The fraction of sp³-hybridized carbons (Fsp3) is 0.400. The summed E-state index contributed by atoms with van der Waals surface area (Å²) in [5.41, 5.74) is 2.06. The van der Waals surface area contributed by atoms with E-state index < -0.39 is 0 Å². The molecule has 0 bridgehead atoms. The highest BCUT2D eigenvalue weighted by Gasteiger charge is 2.17. The second-order valence-electron chi connectivity index (χ2n) is 3.23. The summed E-state index contributed by atoms with van der Waals surface area (Å²) >= 11 is 1.74. The Kier molecular flexibility index (Phi) is 2.63. The molecule has 2 rings (SSSR count). The van der Waals surface area contributed by atoms with Crippen molar-refractivity contribution in [2.75, 3.05) is 0 Å². The molecule has 0 fully saturated rings. The fourth-order valence-corrected chi connectivity index (χ4v) is 2.50. The van der Waals surface area contributed by atoms with Gasteiger partial charge in [-0.05, 0) is 30.7 Å². The maximum Gasteiger partial charge on any atom is 0.331 e. The van der Waals surface area contributed by atoms with Crippen molar-refractivity contribution in [3.05, 3.63) is 21.9 Å². The number of fused-ring (bicyclic) bond motifs is 1. The molecule has 0 saturated heterocycles. The van der Waals surface area contributed by atoms with E-state index in [2.05, 4.69) is 15.4 Å². The van der Waals surface area contributed by atoms with Gasteiger partial charge in [-0.15, -0.1) is 11.3 Å². The molecule has 0 saturated carbocycles. The lowest BCUT2D eigenvalue weighted by atomic mass is 9.97. The van der Waals surface area contributed by atoms with Crippen LogP contribution in [0.4, 0.5) is 0 Å². The van der Waals surface area contributed by atoms with Gasteiger partial charge in [0, 0.05) is 17.4 Å². The second kappa shape index (κ2) is 3.92. The summed E-state index contributed by atoms with van der Waals surface area (Å²) < 4.78 is 0. The Bertz CT molecular complexity index is 381. The van der Waals surface area contributed by atoms with Crippen LogP contribution in [-0.4, -0.2) is 11.7 Å². The molecular weight excluding hydrogens is 198 g/mol. The van der Waals surface area contributed by atoms with Crippen LogP contribution in [0.5, 0.6) is 0 Å². The zero-order valence-electron chi connectivity index (χ0n) is 7.95. The number of rotatable bonds is 1. The van der Waals surface area contributed by atoms with Gasteiger partial charge in [-0.3, -0.25) is 0 Å². The lowest BCUT2D eigenvalue weighted by molar-refractivity contribution is -0.140. The maximum absolute atomic E-state index is 10.6. The third kappa shape index (κ3) is 1.85. The van der Waals surface area contributed by atoms with Crippen molar-refractivity contribution in [3.63, 3.8) is 0 Å². The average molecular weight is 209 g/mol. The monoisotopic (exact) mass is 209 g/mol. The van der Waals surface area contributed by atoms with E-state index in [4.69, 9.17) is 0 Å². The zero-order chi connectivity index (χ0) is 9.97. The molecule has 1 aromatic heterocycles. The lowest BCUT2D eigenvalue weighted by Gasteiger charge is -2.12. The minimum atomic E-state index is -0.361. The van der Waals surface area contributed by atoms with Crippen molar-refractivity contribution in [2.24, 2.45) is 5.16 Å². The summed E-state index contributed by atoms with van der Waals surface area (Å²) in [6.07, 6.45) is 3.11. The van der Waals surface area contributed by atoms with Crippen LogP contribution in [0.3, 0.4) is 0 Å². The van der Waals surface area contributed by atoms with E-state index in [1.165, 1.54) is 11.8 Å². The van der Waals surface area contributed by atoms with E-state index in [1.807, 2.05) is 6.07 Å². The van der Waals surface area contributed by atoms with Gasteiger partial charge in [0.15, 0.2) is 0 Å². The van der Waals surface area contributed by atoms with Crippen LogP contribution < -0.4 is 0 Å². The molecule has 0 atom stereocenters. The van der Waals surface area contributed by atoms with E-state index in [0.717, 1.165) is 30.5 Å². The predicted octanol–water partition coefficient (Wildman–Crippen LogP) is 2.35. The van der Waals surface area contributed by atoms with Crippen molar-refractivity contribution in [2.45, 2.75) is 26.2 Å². The lowest BCUT2D eigenvalue weighted by Crippen LogP contribution is -2.10. The van der Waals surface area contributed by atoms with E-state index in [1.54, 1.807) is 11.3 Å². The number of carbonyl (C=O) groups excluding carboxylic acids is 1. The molecule has 1 heterocycles. The van der Waals surface area contributed by atoms with E-state index in [-0.39, 0.29) is 5.97 Å². The van der Waals surface area contributed by atoms with Gasteiger partial charge in [0.1, 0.15) is 0 Å². The van der Waals surface area contributed by atoms with Crippen molar-refractivity contribution >= 4 is 23.0 Å². The highest BCUT2D eigenvalue weighted by Crippen LogP contribution is 2.26. The van der Waals surface area contributed by atoms with Crippen molar-refractivity contribution in [1.29, 1.82) is 0 Å². The number of aryl methyl sites for hydroxylation is 1. The summed E-state index contributed by atoms with van der Waals surface area (Å²) in [7, 11) is 0. The van der Waals surface area contributed by atoms with Crippen LogP contribution in [0, 0.1) is 0 Å². The molecule has 4 heteroatoms. The van der Waals surface area contributed by atoms with E-state index in [9.17, 15) is 4.79 Å². The molecule has 0 aromatic carbocycles. The van der Waals surface area contributed by atoms with Crippen LogP contribution in [0.1, 0.15) is 30.2 Å². The third-order valence-corrected chi connectivity index (χ3v) is 3.14. The van der Waals surface area contributed by atoms with Crippen LogP contribution in [0.2, 0.25) is 0 Å². The Hall–Kier alpha value is -1.16. The molecule has 0 spiro atoms. The first kappa shape index (κ1) is 9.40. The van der Waals surface area contributed by atoms with Crippen LogP contribution in [0.25, 0.3) is 0 Å². The number of hydrogen-bond acceptors (Lipinski definition) is 4. The topological polar surface area (TPSA) is 38.7 Å². The first-order chi connectivity index (χ1) is 6.77. The van der Waals surface area contributed by atoms with Crippen LogP contribution >= 0.6 is 11.3 Å². The van der Waals surface area contributed by atoms with Gasteiger partial charge in [-0.2, -0.15) is 0 Å². The summed E-state index contributed by atoms with van der Waals surface area (Å²) in [5.74, 6) is -0.361. The molecule has 0 aliphatic heterocycles. The first-order valence-electron chi connectivity index (χ1n) is 4.58. The third-order valence-electron chi connectivity index (χ3n) is 2.16. The molecule has 3 nitrogen and oxygen atoms in total. The first-order valence-corrected chi connectivity index (χ1v) is 5.46. The van der Waals surface area contributed by atoms with Gasteiger partial charge in [0.2, 0.25) is 0 Å². The largest absolute Gasteiger partial charge is 0.331 e. The minimum absolute atomic E-state index is 0.361. The second-order valence-corrected chi connectivity index (χ2v) is 4.23. The molecule has 1 aliphatic rings. The number of oxime groups is 1. The minimum Gasteiger partial charge on any atom is -0.318 e.